The van der Waals surface area contributed by atoms with Crippen molar-refractivity contribution in [2.24, 2.45) is 5.73 Å². The highest BCUT2D eigenvalue weighted by atomic mass is 31.2. The molecule has 0 spiro atoms. The van der Waals surface area contributed by atoms with Crippen molar-refractivity contribution < 1.29 is 18.4 Å². The van der Waals surface area contributed by atoms with Crippen LogP contribution in [-0.4, -0.2) is 26.2 Å². The van der Waals surface area contributed by atoms with Crippen molar-refractivity contribution in [3.05, 3.63) is 35.9 Å². The van der Waals surface area contributed by atoms with Crippen LogP contribution >= 0.6 is 7.60 Å². The number of amides is 1. The predicted octanol–water partition coefficient (Wildman–Crippen LogP) is 0.782. The van der Waals surface area contributed by atoms with Gasteiger partial charge in [-0.15, -0.1) is 0 Å². The molecule has 7 heteroatoms. The molecule has 18 heavy (non-hydrogen) atoms. The normalized spacial score (nSPS) is 26.9. The summed E-state index contributed by atoms with van der Waals surface area (Å²) in [5.41, 5.74) is 5.94. The van der Waals surface area contributed by atoms with Gasteiger partial charge in [-0.2, -0.15) is 0 Å². The van der Waals surface area contributed by atoms with Gasteiger partial charge in [-0.1, -0.05) is 30.3 Å². The minimum Gasteiger partial charge on any atom is -0.368 e. The molecular formula is C11H15N2O4P. The maximum Gasteiger partial charge on any atom is 0.356 e. The Labute approximate surface area is 105 Å². The fourth-order valence-electron chi connectivity index (χ4n) is 2.16. The van der Waals surface area contributed by atoms with Gasteiger partial charge < -0.3 is 14.8 Å². The standard InChI is InChI=1S/C11H15N2O4P/c1-16-18(15,17-2)11(9(13-11)10(12)14)8-6-4-3-5-7-8/h3-7,9,13H,1-2H3,(H2,12,14). The third-order valence-electron chi connectivity index (χ3n) is 3.11. The lowest BCUT2D eigenvalue weighted by atomic mass is 10.1. The second-order valence-electron chi connectivity index (χ2n) is 3.97. The van der Waals surface area contributed by atoms with Crippen LogP contribution in [0.15, 0.2) is 30.3 Å². The smallest absolute Gasteiger partial charge is 0.356 e. The molecule has 1 fully saturated rings. The fourth-order valence-corrected chi connectivity index (χ4v) is 4.08. The Morgan fingerprint density at radius 1 is 1.33 bits per heavy atom. The molecule has 2 unspecified atom stereocenters. The van der Waals surface area contributed by atoms with Crippen LogP contribution in [0.4, 0.5) is 0 Å². The van der Waals surface area contributed by atoms with Gasteiger partial charge in [0.15, 0.2) is 5.28 Å². The van der Waals surface area contributed by atoms with Crippen molar-refractivity contribution in [1.29, 1.82) is 0 Å². The number of benzene rings is 1. The molecule has 0 saturated carbocycles. The van der Waals surface area contributed by atoms with E-state index in [1.54, 1.807) is 24.3 Å². The van der Waals surface area contributed by atoms with Crippen molar-refractivity contribution in [2.75, 3.05) is 14.2 Å². The molecule has 2 atom stereocenters. The van der Waals surface area contributed by atoms with Crippen LogP contribution in [0.5, 0.6) is 0 Å². The zero-order valence-electron chi connectivity index (χ0n) is 10.1. The molecule has 98 valence electrons. The van der Waals surface area contributed by atoms with Crippen molar-refractivity contribution in [2.45, 2.75) is 11.3 Å². The number of nitrogens with two attached hydrogens (primary N) is 1. The number of carbonyl (C=O) groups excluding carboxylic acids is 1. The van der Waals surface area contributed by atoms with Crippen molar-refractivity contribution >= 4 is 13.5 Å². The molecule has 1 saturated heterocycles. The van der Waals surface area contributed by atoms with Crippen molar-refractivity contribution in [3.8, 4) is 0 Å². The first-order chi connectivity index (χ1) is 8.52. The van der Waals surface area contributed by atoms with E-state index in [0.29, 0.717) is 5.56 Å². The molecular weight excluding hydrogens is 255 g/mol. The first-order valence-electron chi connectivity index (χ1n) is 5.36. The molecule has 0 aliphatic carbocycles. The Balaban J connectivity index is 2.52. The number of rotatable bonds is 5. The molecule has 1 aliphatic rings. The van der Waals surface area contributed by atoms with Crippen molar-refractivity contribution in [1.82, 2.24) is 5.32 Å². The van der Waals surface area contributed by atoms with Gasteiger partial charge in [0.2, 0.25) is 5.91 Å². The molecule has 0 bridgehead atoms. The van der Waals surface area contributed by atoms with Crippen LogP contribution in [0.25, 0.3) is 0 Å². The number of hydrogen-bond donors (Lipinski definition) is 2. The Kier molecular flexibility index (Phi) is 3.29. The second kappa shape index (κ2) is 4.48. The van der Waals surface area contributed by atoms with E-state index < -0.39 is 24.8 Å². The van der Waals surface area contributed by atoms with Crippen LogP contribution < -0.4 is 11.1 Å². The summed E-state index contributed by atoms with van der Waals surface area (Å²) in [4.78, 5) is 11.4. The monoisotopic (exact) mass is 270 g/mol. The molecule has 0 aromatic heterocycles. The first-order valence-corrected chi connectivity index (χ1v) is 6.90. The summed E-state index contributed by atoms with van der Waals surface area (Å²) < 4.78 is 22.7. The lowest BCUT2D eigenvalue weighted by Crippen LogP contribution is -2.26. The molecule has 6 nitrogen and oxygen atoms in total. The van der Waals surface area contributed by atoms with Gasteiger partial charge >= 0.3 is 7.60 Å². The zero-order valence-corrected chi connectivity index (χ0v) is 11.0. The van der Waals surface area contributed by atoms with Gasteiger partial charge in [0.05, 0.1) is 0 Å². The Bertz CT molecular complexity index is 499. The van der Waals surface area contributed by atoms with Crippen LogP contribution in [-0.2, 0) is 23.7 Å². The lowest BCUT2D eigenvalue weighted by Gasteiger charge is -2.23. The summed E-state index contributed by atoms with van der Waals surface area (Å²) in [6.07, 6.45) is 0. The largest absolute Gasteiger partial charge is 0.368 e. The first kappa shape index (κ1) is 13.2. The number of hydrogen-bond acceptors (Lipinski definition) is 5. The molecule has 0 radical (unpaired) electrons. The van der Waals surface area contributed by atoms with Gasteiger partial charge in [0, 0.05) is 14.2 Å². The molecule has 1 aromatic carbocycles. The topological polar surface area (TPSA) is 101 Å². The highest BCUT2D eigenvalue weighted by molar-refractivity contribution is 7.55. The summed E-state index contributed by atoms with van der Waals surface area (Å²) in [5.74, 6) is -0.590. The van der Waals surface area contributed by atoms with E-state index in [9.17, 15) is 9.36 Å². The second-order valence-corrected chi connectivity index (χ2v) is 6.41. The highest BCUT2D eigenvalue weighted by Gasteiger charge is 2.71. The average molecular weight is 270 g/mol. The van der Waals surface area contributed by atoms with Gasteiger partial charge in [0.1, 0.15) is 6.04 Å². The van der Waals surface area contributed by atoms with E-state index in [-0.39, 0.29) is 0 Å². The molecule has 1 aliphatic heterocycles. The minimum atomic E-state index is -3.52. The van der Waals surface area contributed by atoms with Gasteiger partial charge in [0.25, 0.3) is 0 Å². The fraction of sp³-hybridized carbons (Fsp3) is 0.364. The quantitative estimate of drug-likeness (QED) is 0.608. The van der Waals surface area contributed by atoms with Gasteiger partial charge in [-0.3, -0.25) is 14.7 Å². The summed E-state index contributed by atoms with van der Waals surface area (Å²) in [5, 5.41) is 1.68. The maximum atomic E-state index is 12.6. The predicted molar refractivity (Wildman–Crippen MR) is 65.9 cm³/mol. The molecule has 1 amide bonds. The molecule has 3 N–H and O–H groups in total. The zero-order chi connectivity index (χ0) is 13.4. The number of carbonyl (C=O) groups is 1. The SMILES string of the molecule is COP(=O)(OC)C1(c2ccccc2)NC1C(N)=O. The van der Waals surface area contributed by atoms with Crippen LogP contribution in [0.1, 0.15) is 5.56 Å². The summed E-state index contributed by atoms with van der Waals surface area (Å²) >= 11 is 0. The lowest BCUT2D eigenvalue weighted by molar-refractivity contribution is -0.117. The highest BCUT2D eigenvalue weighted by Crippen LogP contribution is 2.70. The molecule has 1 heterocycles. The number of primary amides is 1. The summed E-state index contributed by atoms with van der Waals surface area (Å²) in [6, 6.07) is 8.13. The van der Waals surface area contributed by atoms with Crippen LogP contribution in [0.2, 0.25) is 0 Å². The summed E-state index contributed by atoms with van der Waals surface area (Å²) in [7, 11) is -0.947. The average Bonchev–Trinajstić information content (AvgIpc) is 3.16. The van der Waals surface area contributed by atoms with E-state index in [1.165, 1.54) is 14.2 Å². The Hall–Kier alpha value is -1.20. The Morgan fingerprint density at radius 2 is 1.89 bits per heavy atom. The third-order valence-corrected chi connectivity index (χ3v) is 5.58. The summed E-state index contributed by atoms with van der Waals surface area (Å²) in [6.45, 7) is 0. The van der Waals surface area contributed by atoms with E-state index in [0.717, 1.165) is 0 Å². The molecule has 1 aromatic rings. The number of nitrogens with one attached hydrogen (secondary N) is 1. The Morgan fingerprint density at radius 3 is 2.28 bits per heavy atom. The van der Waals surface area contributed by atoms with Crippen molar-refractivity contribution in [3.63, 3.8) is 0 Å². The van der Waals surface area contributed by atoms with Crippen LogP contribution in [0, 0.1) is 0 Å². The van der Waals surface area contributed by atoms with E-state index in [2.05, 4.69) is 5.32 Å². The van der Waals surface area contributed by atoms with Crippen LogP contribution in [0.3, 0.4) is 0 Å². The van der Waals surface area contributed by atoms with Gasteiger partial charge in [-0.25, -0.2) is 0 Å². The molecule has 2 rings (SSSR count). The van der Waals surface area contributed by atoms with Gasteiger partial charge in [-0.05, 0) is 5.56 Å². The maximum absolute atomic E-state index is 12.6. The van der Waals surface area contributed by atoms with E-state index in [1.807, 2.05) is 6.07 Å². The minimum absolute atomic E-state index is 0.590. The van der Waals surface area contributed by atoms with E-state index in [4.69, 9.17) is 14.8 Å². The van der Waals surface area contributed by atoms with E-state index >= 15 is 0 Å². The third kappa shape index (κ3) is 1.69.